The highest BCUT2D eigenvalue weighted by Gasteiger charge is 2.19. The van der Waals surface area contributed by atoms with Gasteiger partial charge < -0.3 is 0 Å². The van der Waals surface area contributed by atoms with Gasteiger partial charge in [-0.05, 0) is 25.9 Å². The fourth-order valence-electron chi connectivity index (χ4n) is 1.14. The van der Waals surface area contributed by atoms with Crippen molar-refractivity contribution < 1.29 is 0 Å². The average Bonchev–Trinajstić information content (AvgIpc) is 2.14. The summed E-state index contributed by atoms with van der Waals surface area (Å²) in [6, 6.07) is 0. The number of nitrogens with zero attached hydrogens (tertiary/aromatic N) is 1. The lowest BCUT2D eigenvalue weighted by atomic mass is 10.4. The third kappa shape index (κ3) is 1.15. The molecule has 1 atom stereocenters. The van der Waals surface area contributed by atoms with Gasteiger partial charge in [-0.15, -0.1) is 11.6 Å². The fourth-order valence-corrected chi connectivity index (χ4v) is 1.53. The van der Waals surface area contributed by atoms with Gasteiger partial charge in [-0.3, -0.25) is 4.90 Å². The van der Waals surface area contributed by atoms with Crippen molar-refractivity contribution in [1.82, 2.24) is 4.90 Å². The molecule has 1 rings (SSSR count). The third-order valence-corrected chi connectivity index (χ3v) is 2.18. The molecule has 48 valence electrons. The Morgan fingerprint density at radius 2 is 2.50 bits per heavy atom. The molecule has 1 aliphatic heterocycles. The predicted molar refractivity (Wildman–Crippen MR) is 36.1 cm³/mol. The maximum absolute atomic E-state index is 5.90. The molecule has 1 fully saturated rings. The van der Waals surface area contributed by atoms with Gasteiger partial charge in [0.2, 0.25) is 0 Å². The number of likely N-dealkylation sites (tertiary alicyclic amines) is 1. The summed E-state index contributed by atoms with van der Waals surface area (Å²) in [7, 11) is 0. The van der Waals surface area contributed by atoms with Gasteiger partial charge in [0.15, 0.2) is 0 Å². The zero-order valence-electron chi connectivity index (χ0n) is 5.23. The second-order valence-electron chi connectivity index (χ2n) is 2.21. The summed E-state index contributed by atoms with van der Waals surface area (Å²) >= 11 is 5.90. The van der Waals surface area contributed by atoms with Crippen molar-refractivity contribution in [3.8, 4) is 0 Å². The minimum Gasteiger partial charge on any atom is -0.288 e. The molecule has 8 heavy (non-hydrogen) atoms. The van der Waals surface area contributed by atoms with Crippen LogP contribution in [-0.2, 0) is 0 Å². The summed E-state index contributed by atoms with van der Waals surface area (Å²) in [6.45, 7) is 4.46. The van der Waals surface area contributed by atoms with Gasteiger partial charge in [0.1, 0.15) is 0 Å². The molecular formula is C6H12ClN. The van der Waals surface area contributed by atoms with Crippen LogP contribution in [0, 0.1) is 0 Å². The monoisotopic (exact) mass is 133 g/mol. The van der Waals surface area contributed by atoms with Crippen LogP contribution in [0.3, 0.4) is 0 Å². The Kier molecular flexibility index (Phi) is 2.15. The minimum atomic E-state index is 0.333. The summed E-state index contributed by atoms with van der Waals surface area (Å²) in [5, 5.41) is 0. The average molecular weight is 134 g/mol. The Morgan fingerprint density at radius 3 is 2.75 bits per heavy atom. The first-order chi connectivity index (χ1) is 3.84. The van der Waals surface area contributed by atoms with Crippen molar-refractivity contribution in [2.75, 3.05) is 13.1 Å². The van der Waals surface area contributed by atoms with E-state index in [1.54, 1.807) is 0 Å². The lowest BCUT2D eigenvalue weighted by Crippen LogP contribution is -2.24. The predicted octanol–water partition coefficient (Wildman–Crippen LogP) is 1.67. The maximum atomic E-state index is 5.90. The Morgan fingerprint density at radius 1 is 1.75 bits per heavy atom. The molecule has 0 aromatic rings. The molecule has 0 aromatic carbocycles. The van der Waals surface area contributed by atoms with Crippen LogP contribution in [0.4, 0.5) is 0 Å². The molecular weight excluding hydrogens is 122 g/mol. The molecule has 1 unspecified atom stereocenters. The summed E-state index contributed by atoms with van der Waals surface area (Å²) in [5.74, 6) is 0. The second-order valence-corrected chi connectivity index (χ2v) is 2.71. The van der Waals surface area contributed by atoms with Crippen LogP contribution in [-0.4, -0.2) is 23.5 Å². The zero-order chi connectivity index (χ0) is 5.98. The van der Waals surface area contributed by atoms with Crippen LogP contribution in [0.5, 0.6) is 0 Å². The lowest BCUT2D eigenvalue weighted by molar-refractivity contribution is 0.331. The second kappa shape index (κ2) is 2.70. The summed E-state index contributed by atoms with van der Waals surface area (Å²) in [4.78, 5) is 2.29. The molecule has 0 aromatic heterocycles. The van der Waals surface area contributed by atoms with Crippen LogP contribution in [0.2, 0.25) is 0 Å². The van der Waals surface area contributed by atoms with E-state index >= 15 is 0 Å². The van der Waals surface area contributed by atoms with Crippen LogP contribution >= 0.6 is 11.6 Å². The Balaban J connectivity index is 2.30. The quantitative estimate of drug-likeness (QED) is 0.389. The first-order valence-corrected chi connectivity index (χ1v) is 3.66. The summed E-state index contributed by atoms with van der Waals surface area (Å²) < 4.78 is 0. The molecule has 0 saturated carbocycles. The Bertz CT molecular complexity index is 74.9. The molecule has 1 nitrogen and oxygen atoms in total. The molecule has 0 aliphatic carbocycles. The van der Waals surface area contributed by atoms with Crippen molar-refractivity contribution in [2.24, 2.45) is 0 Å². The van der Waals surface area contributed by atoms with Crippen molar-refractivity contribution in [2.45, 2.75) is 25.3 Å². The van der Waals surface area contributed by atoms with Gasteiger partial charge in [0.05, 0.1) is 5.50 Å². The Hall–Kier alpha value is 0.250. The van der Waals surface area contributed by atoms with Crippen LogP contribution < -0.4 is 0 Å². The molecule has 1 aliphatic rings. The molecule has 0 N–H and O–H groups in total. The number of hydrogen-bond acceptors (Lipinski definition) is 1. The molecule has 2 heteroatoms. The van der Waals surface area contributed by atoms with E-state index in [4.69, 9.17) is 11.6 Å². The first-order valence-electron chi connectivity index (χ1n) is 3.22. The van der Waals surface area contributed by atoms with Gasteiger partial charge in [-0.1, -0.05) is 6.92 Å². The molecule has 0 amide bonds. The van der Waals surface area contributed by atoms with Gasteiger partial charge in [0.25, 0.3) is 0 Å². The highest BCUT2D eigenvalue weighted by atomic mass is 35.5. The Labute approximate surface area is 55.6 Å². The highest BCUT2D eigenvalue weighted by Crippen LogP contribution is 2.18. The van der Waals surface area contributed by atoms with Gasteiger partial charge in [-0.25, -0.2) is 0 Å². The van der Waals surface area contributed by atoms with Crippen LogP contribution in [0.15, 0.2) is 0 Å². The summed E-state index contributed by atoms with van der Waals surface area (Å²) in [6.07, 6.45) is 2.46. The van der Waals surface area contributed by atoms with E-state index in [1.165, 1.54) is 19.4 Å². The van der Waals surface area contributed by atoms with E-state index < -0.39 is 0 Å². The van der Waals surface area contributed by atoms with Gasteiger partial charge in [-0.2, -0.15) is 0 Å². The van der Waals surface area contributed by atoms with Crippen LogP contribution in [0.25, 0.3) is 0 Å². The number of rotatable bonds is 1. The number of hydrogen-bond donors (Lipinski definition) is 0. The first kappa shape index (κ1) is 6.37. The summed E-state index contributed by atoms with van der Waals surface area (Å²) in [5.41, 5.74) is 0.333. The fraction of sp³-hybridized carbons (Fsp3) is 1.00. The smallest absolute Gasteiger partial charge is 0.0850 e. The molecule has 1 heterocycles. The maximum Gasteiger partial charge on any atom is 0.0850 e. The SMILES string of the molecule is CCN1CCCC1Cl. The van der Waals surface area contributed by atoms with Crippen molar-refractivity contribution in [3.05, 3.63) is 0 Å². The topological polar surface area (TPSA) is 3.24 Å². The largest absolute Gasteiger partial charge is 0.288 e. The van der Waals surface area contributed by atoms with Gasteiger partial charge >= 0.3 is 0 Å². The van der Waals surface area contributed by atoms with Crippen molar-refractivity contribution in [1.29, 1.82) is 0 Å². The van der Waals surface area contributed by atoms with E-state index in [1.807, 2.05) is 0 Å². The molecule has 0 bridgehead atoms. The number of halogens is 1. The van der Waals surface area contributed by atoms with Crippen molar-refractivity contribution >= 4 is 11.6 Å². The molecule has 1 saturated heterocycles. The van der Waals surface area contributed by atoms with E-state index in [9.17, 15) is 0 Å². The molecule has 0 spiro atoms. The normalized spacial score (nSPS) is 31.5. The van der Waals surface area contributed by atoms with Crippen LogP contribution in [0.1, 0.15) is 19.8 Å². The van der Waals surface area contributed by atoms with E-state index in [0.29, 0.717) is 5.50 Å². The number of alkyl halides is 1. The van der Waals surface area contributed by atoms with Gasteiger partial charge in [0, 0.05) is 0 Å². The third-order valence-electron chi connectivity index (χ3n) is 1.69. The van der Waals surface area contributed by atoms with Crippen molar-refractivity contribution in [3.63, 3.8) is 0 Å². The minimum absolute atomic E-state index is 0.333. The van der Waals surface area contributed by atoms with E-state index in [0.717, 1.165) is 6.54 Å². The van der Waals surface area contributed by atoms with E-state index in [2.05, 4.69) is 11.8 Å². The standard InChI is InChI=1S/C6H12ClN/c1-2-8-5-3-4-6(8)7/h6H,2-5H2,1H3. The molecule has 0 radical (unpaired) electrons. The zero-order valence-corrected chi connectivity index (χ0v) is 5.99. The lowest BCUT2D eigenvalue weighted by Gasteiger charge is -2.15. The highest BCUT2D eigenvalue weighted by molar-refractivity contribution is 6.20. The van der Waals surface area contributed by atoms with E-state index in [-0.39, 0.29) is 0 Å².